The molecule has 0 bridgehead atoms. The van der Waals surface area contributed by atoms with Crippen LogP contribution in [0, 0.1) is 13.8 Å². The van der Waals surface area contributed by atoms with Crippen molar-refractivity contribution in [3.63, 3.8) is 0 Å². The summed E-state index contributed by atoms with van der Waals surface area (Å²) in [7, 11) is 0. The minimum atomic E-state index is 0.802. The van der Waals surface area contributed by atoms with Crippen LogP contribution < -0.4 is 5.32 Å². The Bertz CT molecular complexity index is 534. The van der Waals surface area contributed by atoms with Gasteiger partial charge >= 0.3 is 0 Å². The molecular formula is C15H20ClN3. The van der Waals surface area contributed by atoms with Gasteiger partial charge in [-0.1, -0.05) is 17.7 Å². The molecule has 3 nitrogen and oxygen atoms in total. The maximum atomic E-state index is 5.94. The fourth-order valence-electron chi connectivity index (χ4n) is 2.11. The zero-order chi connectivity index (χ0) is 13.7. The molecule has 0 fully saturated rings. The number of rotatable bonds is 6. The number of aromatic amines is 1. The molecular weight excluding hydrogens is 258 g/mol. The second-order valence-corrected chi connectivity index (χ2v) is 5.31. The molecule has 0 saturated carbocycles. The summed E-state index contributed by atoms with van der Waals surface area (Å²) >= 11 is 5.94. The van der Waals surface area contributed by atoms with E-state index in [0.717, 1.165) is 31.0 Å². The molecule has 1 aromatic carbocycles. The molecule has 102 valence electrons. The van der Waals surface area contributed by atoms with E-state index in [2.05, 4.69) is 35.4 Å². The normalized spacial score (nSPS) is 10.9. The summed E-state index contributed by atoms with van der Waals surface area (Å²) in [6.07, 6.45) is 4.10. The van der Waals surface area contributed by atoms with Gasteiger partial charge in [0.05, 0.1) is 6.20 Å². The number of hydrogen-bond donors (Lipinski definition) is 2. The molecule has 19 heavy (non-hydrogen) atoms. The number of nitrogens with zero attached hydrogens (tertiary/aromatic N) is 1. The predicted molar refractivity (Wildman–Crippen MR) is 79.5 cm³/mol. The zero-order valence-corrected chi connectivity index (χ0v) is 12.2. The van der Waals surface area contributed by atoms with Crippen LogP contribution in [-0.2, 0) is 13.0 Å². The molecule has 0 radical (unpaired) electrons. The molecule has 0 atom stereocenters. The smallest absolute Gasteiger partial charge is 0.0522 e. The van der Waals surface area contributed by atoms with Crippen molar-refractivity contribution in [2.45, 2.75) is 33.2 Å². The van der Waals surface area contributed by atoms with Gasteiger partial charge in [-0.2, -0.15) is 5.10 Å². The third-order valence-corrected chi connectivity index (χ3v) is 3.59. The third kappa shape index (κ3) is 4.08. The second-order valence-electron chi connectivity index (χ2n) is 4.87. The van der Waals surface area contributed by atoms with Crippen LogP contribution in [0.2, 0.25) is 5.02 Å². The molecule has 0 saturated heterocycles. The van der Waals surface area contributed by atoms with E-state index in [4.69, 9.17) is 11.6 Å². The Hall–Kier alpha value is -1.32. The van der Waals surface area contributed by atoms with Crippen molar-refractivity contribution < 1.29 is 0 Å². The number of hydrogen-bond acceptors (Lipinski definition) is 2. The number of nitrogens with one attached hydrogen (secondary N) is 2. The maximum Gasteiger partial charge on any atom is 0.0522 e. The Labute approximate surface area is 119 Å². The van der Waals surface area contributed by atoms with E-state index < -0.39 is 0 Å². The first-order valence-electron chi connectivity index (χ1n) is 6.61. The lowest BCUT2D eigenvalue weighted by molar-refractivity contribution is 0.647. The van der Waals surface area contributed by atoms with Crippen molar-refractivity contribution in [2.24, 2.45) is 0 Å². The molecule has 0 unspecified atom stereocenters. The lowest BCUT2D eigenvalue weighted by atomic mass is 10.1. The average Bonchev–Trinajstić information content (AvgIpc) is 2.77. The Morgan fingerprint density at radius 3 is 2.79 bits per heavy atom. The summed E-state index contributed by atoms with van der Waals surface area (Å²) in [6, 6.07) is 6.04. The van der Waals surface area contributed by atoms with E-state index in [9.17, 15) is 0 Å². The van der Waals surface area contributed by atoms with Crippen LogP contribution in [0.4, 0.5) is 0 Å². The van der Waals surface area contributed by atoms with Crippen molar-refractivity contribution in [1.29, 1.82) is 0 Å². The standard InChI is InChI=1S/C15H20ClN3/c1-11-8-15(16)6-5-13(11)9-17-7-3-4-14-10-18-19-12(14)2/h5-6,8,10,17H,3-4,7,9H2,1-2H3,(H,18,19). The Kier molecular flexibility index (Phi) is 5.00. The van der Waals surface area contributed by atoms with Crippen molar-refractivity contribution in [2.75, 3.05) is 6.54 Å². The molecule has 0 amide bonds. The summed E-state index contributed by atoms with van der Waals surface area (Å²) < 4.78 is 0. The van der Waals surface area contributed by atoms with Crippen LogP contribution in [0.5, 0.6) is 0 Å². The summed E-state index contributed by atoms with van der Waals surface area (Å²) in [6.45, 7) is 6.06. The SMILES string of the molecule is Cc1cc(Cl)ccc1CNCCCc1cn[nH]c1C. The lowest BCUT2D eigenvalue weighted by Crippen LogP contribution is -2.16. The van der Waals surface area contributed by atoms with E-state index in [-0.39, 0.29) is 0 Å². The molecule has 1 aromatic heterocycles. The summed E-state index contributed by atoms with van der Waals surface area (Å²) in [4.78, 5) is 0. The van der Waals surface area contributed by atoms with Crippen LogP contribution in [-0.4, -0.2) is 16.7 Å². The van der Waals surface area contributed by atoms with Gasteiger partial charge in [0, 0.05) is 17.3 Å². The molecule has 2 N–H and O–H groups in total. The first-order valence-corrected chi connectivity index (χ1v) is 6.99. The fourth-order valence-corrected chi connectivity index (χ4v) is 2.34. The highest BCUT2D eigenvalue weighted by molar-refractivity contribution is 6.30. The number of H-pyrrole nitrogens is 1. The van der Waals surface area contributed by atoms with Crippen LogP contribution in [0.25, 0.3) is 0 Å². The average molecular weight is 278 g/mol. The van der Waals surface area contributed by atoms with E-state index >= 15 is 0 Å². The molecule has 0 aliphatic heterocycles. The van der Waals surface area contributed by atoms with Crippen molar-refractivity contribution in [1.82, 2.24) is 15.5 Å². The van der Waals surface area contributed by atoms with Gasteiger partial charge in [0.1, 0.15) is 0 Å². The highest BCUT2D eigenvalue weighted by Crippen LogP contribution is 2.14. The van der Waals surface area contributed by atoms with Crippen LogP contribution in [0.1, 0.15) is 28.8 Å². The highest BCUT2D eigenvalue weighted by Gasteiger charge is 2.01. The number of aryl methyl sites for hydroxylation is 3. The number of aromatic nitrogens is 2. The first kappa shape index (κ1) is 14.1. The van der Waals surface area contributed by atoms with Gasteiger partial charge in [-0.05, 0) is 62.1 Å². The Morgan fingerprint density at radius 2 is 2.11 bits per heavy atom. The summed E-state index contributed by atoms with van der Waals surface area (Å²) in [5.41, 5.74) is 5.03. The first-order chi connectivity index (χ1) is 9.16. The van der Waals surface area contributed by atoms with Gasteiger partial charge in [0.15, 0.2) is 0 Å². The molecule has 2 rings (SSSR count). The van der Waals surface area contributed by atoms with Crippen molar-refractivity contribution in [3.05, 3.63) is 51.8 Å². The summed E-state index contributed by atoms with van der Waals surface area (Å²) in [5, 5.41) is 11.3. The van der Waals surface area contributed by atoms with Crippen LogP contribution in [0.15, 0.2) is 24.4 Å². The molecule has 0 aliphatic rings. The fraction of sp³-hybridized carbons (Fsp3) is 0.400. The molecule has 1 heterocycles. The largest absolute Gasteiger partial charge is 0.313 e. The minimum Gasteiger partial charge on any atom is -0.313 e. The summed E-state index contributed by atoms with van der Waals surface area (Å²) in [5.74, 6) is 0. The lowest BCUT2D eigenvalue weighted by Gasteiger charge is -2.08. The minimum absolute atomic E-state index is 0.802. The zero-order valence-electron chi connectivity index (χ0n) is 11.5. The molecule has 4 heteroatoms. The monoisotopic (exact) mass is 277 g/mol. The van der Waals surface area contributed by atoms with E-state index in [0.29, 0.717) is 0 Å². The quantitative estimate of drug-likeness (QED) is 0.795. The topological polar surface area (TPSA) is 40.7 Å². The molecule has 2 aromatic rings. The second kappa shape index (κ2) is 6.73. The number of halogens is 1. The van der Waals surface area contributed by atoms with Crippen LogP contribution in [0.3, 0.4) is 0 Å². The van der Waals surface area contributed by atoms with Gasteiger partial charge in [-0.3, -0.25) is 5.10 Å². The Morgan fingerprint density at radius 1 is 1.26 bits per heavy atom. The van der Waals surface area contributed by atoms with Crippen molar-refractivity contribution in [3.8, 4) is 0 Å². The van der Waals surface area contributed by atoms with E-state index in [1.54, 1.807) is 0 Å². The molecule has 0 aliphatic carbocycles. The highest BCUT2D eigenvalue weighted by atomic mass is 35.5. The third-order valence-electron chi connectivity index (χ3n) is 3.35. The van der Waals surface area contributed by atoms with Gasteiger partial charge < -0.3 is 5.32 Å². The van der Waals surface area contributed by atoms with E-state index in [1.165, 1.54) is 22.4 Å². The Balaban J connectivity index is 1.71. The maximum absolute atomic E-state index is 5.94. The number of benzene rings is 1. The van der Waals surface area contributed by atoms with Gasteiger partial charge in [0.25, 0.3) is 0 Å². The molecule has 0 spiro atoms. The predicted octanol–water partition coefficient (Wildman–Crippen LogP) is 3.40. The van der Waals surface area contributed by atoms with Gasteiger partial charge in [0.2, 0.25) is 0 Å². The van der Waals surface area contributed by atoms with Crippen molar-refractivity contribution >= 4 is 11.6 Å². The van der Waals surface area contributed by atoms with E-state index in [1.807, 2.05) is 18.3 Å². The van der Waals surface area contributed by atoms with Crippen LogP contribution >= 0.6 is 11.6 Å². The van der Waals surface area contributed by atoms with Gasteiger partial charge in [-0.25, -0.2) is 0 Å². The van der Waals surface area contributed by atoms with Gasteiger partial charge in [-0.15, -0.1) is 0 Å².